The van der Waals surface area contributed by atoms with E-state index < -0.39 is 0 Å². The number of rotatable bonds is 5. The Labute approximate surface area is 187 Å². The number of nitrogen functional groups attached to an aromatic ring is 1. The van der Waals surface area contributed by atoms with E-state index in [9.17, 15) is 9.59 Å². The molecule has 4 rings (SSSR count). The van der Waals surface area contributed by atoms with Crippen LogP contribution in [0.5, 0.6) is 11.8 Å². The van der Waals surface area contributed by atoms with E-state index in [0.717, 1.165) is 0 Å². The predicted molar refractivity (Wildman–Crippen MR) is 118 cm³/mol. The van der Waals surface area contributed by atoms with Crippen LogP contribution >= 0.6 is 11.3 Å². The molecule has 32 heavy (non-hydrogen) atoms. The third kappa shape index (κ3) is 4.50. The Morgan fingerprint density at radius 1 is 1.25 bits per heavy atom. The van der Waals surface area contributed by atoms with Gasteiger partial charge < -0.3 is 20.1 Å². The molecule has 166 valence electrons. The highest BCUT2D eigenvalue weighted by atomic mass is 32.1. The maximum atomic E-state index is 12.5. The smallest absolute Gasteiger partial charge is 0.327 e. The molecule has 1 atom stereocenters. The summed E-state index contributed by atoms with van der Waals surface area (Å²) < 4.78 is 11.1. The zero-order valence-electron chi connectivity index (χ0n) is 17.7. The molecule has 0 bridgehead atoms. The van der Waals surface area contributed by atoms with Gasteiger partial charge in [0.15, 0.2) is 11.0 Å². The number of anilines is 2. The highest BCUT2D eigenvalue weighted by Crippen LogP contribution is 2.29. The quantitative estimate of drug-likeness (QED) is 0.611. The fourth-order valence-electron chi connectivity index (χ4n) is 3.04. The maximum Gasteiger partial charge on any atom is 0.327 e. The summed E-state index contributed by atoms with van der Waals surface area (Å²) >= 11 is 1.21. The highest BCUT2D eigenvalue weighted by Gasteiger charge is 2.30. The van der Waals surface area contributed by atoms with Gasteiger partial charge in [-0.1, -0.05) is 11.3 Å². The second-order valence-corrected chi connectivity index (χ2v) is 8.32. The van der Waals surface area contributed by atoms with E-state index in [2.05, 4.69) is 19.9 Å². The van der Waals surface area contributed by atoms with Crippen molar-refractivity contribution in [1.29, 1.82) is 0 Å². The highest BCUT2D eigenvalue weighted by molar-refractivity contribution is 7.18. The first-order valence-electron chi connectivity index (χ1n) is 9.69. The van der Waals surface area contributed by atoms with Crippen molar-refractivity contribution in [2.75, 3.05) is 37.9 Å². The molecule has 1 aliphatic rings. The normalized spacial score (nSPS) is 16.2. The van der Waals surface area contributed by atoms with Gasteiger partial charge in [-0.05, 0) is 31.2 Å². The summed E-state index contributed by atoms with van der Waals surface area (Å²) in [6.45, 7) is 2.14. The summed E-state index contributed by atoms with van der Waals surface area (Å²) in [5.74, 6) is 0.474. The number of benzene rings is 1. The predicted octanol–water partition coefficient (Wildman–Crippen LogP) is 1.82. The number of nitrogens with zero attached hydrogens (tertiary/aromatic N) is 6. The average Bonchev–Trinajstić information content (AvgIpc) is 3.20. The summed E-state index contributed by atoms with van der Waals surface area (Å²) in [4.78, 5) is 45.3. The van der Waals surface area contributed by atoms with Crippen molar-refractivity contribution in [3.05, 3.63) is 36.0 Å². The van der Waals surface area contributed by atoms with Crippen LogP contribution in [0.4, 0.5) is 11.1 Å². The van der Waals surface area contributed by atoms with E-state index in [1.54, 1.807) is 44.6 Å². The second-order valence-electron chi connectivity index (χ2n) is 7.26. The fourth-order valence-corrected chi connectivity index (χ4v) is 3.66. The van der Waals surface area contributed by atoms with Crippen molar-refractivity contribution in [3.63, 3.8) is 0 Å². The molecule has 1 unspecified atom stereocenters. The molecule has 0 aliphatic carbocycles. The number of morpholine rings is 1. The first-order valence-corrected chi connectivity index (χ1v) is 10.5. The first-order chi connectivity index (χ1) is 15.3. The van der Waals surface area contributed by atoms with E-state index >= 15 is 0 Å². The lowest BCUT2D eigenvalue weighted by atomic mass is 10.2. The van der Waals surface area contributed by atoms with Crippen LogP contribution in [0.3, 0.4) is 0 Å². The van der Waals surface area contributed by atoms with Gasteiger partial charge in [0.25, 0.3) is 11.8 Å². The van der Waals surface area contributed by atoms with Gasteiger partial charge >= 0.3 is 6.01 Å². The van der Waals surface area contributed by atoms with Gasteiger partial charge in [-0.2, -0.15) is 15.0 Å². The summed E-state index contributed by atoms with van der Waals surface area (Å²) in [7, 11) is 3.36. The van der Waals surface area contributed by atoms with Crippen LogP contribution in [0, 0.1) is 0 Å². The van der Waals surface area contributed by atoms with Gasteiger partial charge in [-0.25, -0.2) is 4.98 Å². The number of nitrogens with two attached hydrogens (primary N) is 1. The minimum Gasteiger partial charge on any atom is -0.424 e. The molecule has 11 nitrogen and oxygen atoms in total. The van der Waals surface area contributed by atoms with Crippen LogP contribution < -0.4 is 15.4 Å². The third-order valence-electron chi connectivity index (χ3n) is 4.57. The molecule has 3 heterocycles. The number of amides is 2. The lowest BCUT2D eigenvalue weighted by molar-refractivity contribution is -0.127. The maximum absolute atomic E-state index is 12.5. The van der Waals surface area contributed by atoms with Crippen LogP contribution in [0.1, 0.15) is 17.3 Å². The molecule has 2 N–H and O–H groups in total. The molecule has 2 amide bonds. The molecule has 12 heteroatoms. The topological polar surface area (TPSA) is 137 Å². The Hall–Kier alpha value is -3.64. The van der Waals surface area contributed by atoms with Crippen molar-refractivity contribution in [1.82, 2.24) is 24.8 Å². The number of thiazole rings is 1. The Bertz CT molecular complexity index is 1150. The molecule has 1 saturated heterocycles. The second kappa shape index (κ2) is 8.85. The molecule has 0 spiro atoms. The number of ether oxygens (including phenoxy) is 2. The van der Waals surface area contributed by atoms with Gasteiger partial charge in [-0.3, -0.25) is 14.5 Å². The van der Waals surface area contributed by atoms with Crippen LogP contribution in [0.25, 0.3) is 10.7 Å². The van der Waals surface area contributed by atoms with Crippen molar-refractivity contribution in [3.8, 4) is 22.5 Å². The SMILES string of the molecule is CC1COCC(=O)N1c1nc(Oc2ccc(C(=O)N(C)C)cc2)nc(-c2cnc(N)s2)n1. The van der Waals surface area contributed by atoms with Crippen molar-refractivity contribution < 1.29 is 19.1 Å². The molecule has 0 radical (unpaired) electrons. The molecule has 1 aliphatic heterocycles. The summed E-state index contributed by atoms with van der Waals surface area (Å²) in [5.41, 5.74) is 6.28. The Morgan fingerprint density at radius 3 is 2.62 bits per heavy atom. The Morgan fingerprint density at radius 2 is 2.00 bits per heavy atom. The van der Waals surface area contributed by atoms with E-state index in [-0.39, 0.29) is 42.2 Å². The average molecular weight is 456 g/mol. The molecular weight excluding hydrogens is 434 g/mol. The van der Waals surface area contributed by atoms with E-state index in [4.69, 9.17) is 15.2 Å². The van der Waals surface area contributed by atoms with Gasteiger partial charge in [-0.15, -0.1) is 0 Å². The Balaban J connectivity index is 1.69. The number of aromatic nitrogens is 4. The van der Waals surface area contributed by atoms with E-state index in [0.29, 0.717) is 27.9 Å². The van der Waals surface area contributed by atoms with Crippen LogP contribution in [-0.4, -0.2) is 70.0 Å². The summed E-state index contributed by atoms with van der Waals surface area (Å²) in [6, 6.07) is 6.33. The zero-order valence-corrected chi connectivity index (χ0v) is 18.5. The third-order valence-corrected chi connectivity index (χ3v) is 5.40. The molecule has 1 aromatic carbocycles. The van der Waals surface area contributed by atoms with Crippen molar-refractivity contribution >= 4 is 34.2 Å². The van der Waals surface area contributed by atoms with E-state index in [1.165, 1.54) is 21.1 Å². The molecular formula is C20H21N7O4S. The van der Waals surface area contributed by atoms with Crippen molar-refractivity contribution in [2.24, 2.45) is 0 Å². The standard InChI is InChI=1S/C20H21N7O4S/c1-11-9-30-10-15(28)27(11)19-23-16(14-8-22-18(21)32-14)24-20(25-19)31-13-6-4-12(5-7-13)17(29)26(2)3/h4-8,11H,9-10H2,1-3H3,(H2,21,22). The molecule has 0 saturated carbocycles. The number of carbonyl (C=O) groups excluding carboxylic acids is 2. The molecule has 3 aromatic rings. The van der Waals surface area contributed by atoms with Gasteiger partial charge in [0.2, 0.25) is 5.95 Å². The monoisotopic (exact) mass is 455 g/mol. The number of carbonyl (C=O) groups is 2. The minimum atomic E-state index is -0.262. The van der Waals surface area contributed by atoms with Crippen molar-refractivity contribution in [2.45, 2.75) is 13.0 Å². The van der Waals surface area contributed by atoms with Gasteiger partial charge in [0, 0.05) is 19.7 Å². The summed E-state index contributed by atoms with van der Waals surface area (Å²) in [5, 5.41) is 0.362. The van der Waals surface area contributed by atoms with Gasteiger partial charge in [0.05, 0.1) is 23.7 Å². The van der Waals surface area contributed by atoms with Crippen LogP contribution in [-0.2, 0) is 9.53 Å². The van der Waals surface area contributed by atoms with E-state index in [1.807, 2.05) is 6.92 Å². The summed E-state index contributed by atoms with van der Waals surface area (Å²) in [6.07, 6.45) is 1.55. The van der Waals surface area contributed by atoms with Crippen LogP contribution in [0.15, 0.2) is 30.5 Å². The lowest BCUT2D eigenvalue weighted by Gasteiger charge is -2.31. The molecule has 1 fully saturated rings. The fraction of sp³-hybridized carbons (Fsp3) is 0.300. The number of hydrogen-bond donors (Lipinski definition) is 1. The van der Waals surface area contributed by atoms with Crippen LogP contribution in [0.2, 0.25) is 0 Å². The largest absolute Gasteiger partial charge is 0.424 e. The lowest BCUT2D eigenvalue weighted by Crippen LogP contribution is -2.49. The first kappa shape index (κ1) is 21.6. The Kier molecular flexibility index (Phi) is 5.97. The van der Waals surface area contributed by atoms with Gasteiger partial charge in [0.1, 0.15) is 12.4 Å². The molecule has 2 aromatic heterocycles. The minimum absolute atomic E-state index is 0.00449. The number of hydrogen-bond acceptors (Lipinski definition) is 10. The zero-order chi connectivity index (χ0) is 22.8.